The molecule has 0 aliphatic rings. The van der Waals surface area contributed by atoms with Crippen LogP contribution in [0.5, 0.6) is 0 Å². The Morgan fingerprint density at radius 2 is 1.95 bits per heavy atom. The highest BCUT2D eigenvalue weighted by atomic mass is 16.4. The Morgan fingerprint density at radius 1 is 1.32 bits per heavy atom. The molecule has 1 amide bonds. The lowest BCUT2D eigenvalue weighted by atomic mass is 10.2. The number of nitrogens with one attached hydrogen (secondary N) is 1. The number of amides is 1. The number of aliphatic carboxylic acids is 1. The van der Waals surface area contributed by atoms with Gasteiger partial charge in [0.05, 0.1) is 6.54 Å². The van der Waals surface area contributed by atoms with Crippen molar-refractivity contribution in [2.75, 3.05) is 13.1 Å². The molecule has 0 aliphatic heterocycles. The molecule has 0 fully saturated rings. The summed E-state index contributed by atoms with van der Waals surface area (Å²) in [5.74, 6) is -1.06. The Balaban J connectivity index is 2.50. The lowest BCUT2D eigenvalue weighted by Crippen LogP contribution is -2.43. The van der Waals surface area contributed by atoms with Crippen LogP contribution in [0.2, 0.25) is 0 Å². The van der Waals surface area contributed by atoms with E-state index in [9.17, 15) is 9.59 Å². The van der Waals surface area contributed by atoms with Crippen LogP contribution in [-0.4, -0.2) is 41.0 Å². The average Bonchev–Trinajstić information content (AvgIpc) is 2.42. The predicted octanol–water partition coefficient (Wildman–Crippen LogP) is 1.10. The Bertz CT molecular complexity index is 420. The van der Waals surface area contributed by atoms with Crippen molar-refractivity contribution in [3.05, 3.63) is 35.9 Å². The van der Waals surface area contributed by atoms with Crippen molar-refractivity contribution in [3.8, 4) is 0 Å². The molecule has 1 aromatic rings. The van der Waals surface area contributed by atoms with E-state index in [1.54, 1.807) is 4.90 Å². The maximum absolute atomic E-state index is 12.0. The number of carboxylic acid groups (broad SMARTS) is 1. The molecule has 2 N–H and O–H groups in total. The van der Waals surface area contributed by atoms with Gasteiger partial charge in [0, 0.05) is 13.1 Å². The molecule has 1 atom stereocenters. The molecule has 104 valence electrons. The summed E-state index contributed by atoms with van der Waals surface area (Å²) in [4.78, 5) is 24.3. The van der Waals surface area contributed by atoms with Crippen LogP contribution in [0.15, 0.2) is 30.3 Å². The molecular formula is C14H20N2O3. The highest BCUT2D eigenvalue weighted by molar-refractivity contribution is 5.79. The van der Waals surface area contributed by atoms with Crippen molar-refractivity contribution in [1.29, 1.82) is 0 Å². The number of likely N-dealkylation sites (N-methyl/N-ethyl adjacent to an activating group) is 1. The molecule has 0 aromatic heterocycles. The van der Waals surface area contributed by atoms with Crippen LogP contribution in [0.3, 0.4) is 0 Å². The Morgan fingerprint density at radius 3 is 2.47 bits per heavy atom. The normalized spacial score (nSPS) is 11.9. The van der Waals surface area contributed by atoms with Crippen LogP contribution in [0.25, 0.3) is 0 Å². The molecule has 0 bridgehead atoms. The van der Waals surface area contributed by atoms with Crippen molar-refractivity contribution >= 4 is 11.9 Å². The van der Waals surface area contributed by atoms with Crippen LogP contribution in [0, 0.1) is 0 Å². The topological polar surface area (TPSA) is 69.6 Å². The number of benzene rings is 1. The van der Waals surface area contributed by atoms with Crippen LogP contribution in [-0.2, 0) is 16.1 Å². The van der Waals surface area contributed by atoms with E-state index < -0.39 is 12.0 Å². The lowest BCUT2D eigenvalue weighted by molar-refractivity contribution is -0.139. The number of carboxylic acids is 1. The standard InChI is InChI=1S/C14H20N2O3/c1-3-16(10-12-7-5-4-6-8-12)13(17)9-15-11(2)14(18)19/h4-8,11,15H,3,9-10H2,1-2H3,(H,18,19)/t11-/m0/s1. The summed E-state index contributed by atoms with van der Waals surface area (Å²) < 4.78 is 0. The summed E-state index contributed by atoms with van der Waals surface area (Å²) in [6.07, 6.45) is 0. The maximum atomic E-state index is 12.0. The minimum Gasteiger partial charge on any atom is -0.480 e. The molecule has 1 aromatic carbocycles. The van der Waals surface area contributed by atoms with Gasteiger partial charge in [0.15, 0.2) is 0 Å². The Kier molecular flexibility index (Phi) is 6.02. The van der Waals surface area contributed by atoms with E-state index in [2.05, 4.69) is 5.32 Å². The number of carbonyl (C=O) groups excluding carboxylic acids is 1. The maximum Gasteiger partial charge on any atom is 0.320 e. The molecular weight excluding hydrogens is 244 g/mol. The molecule has 5 heteroatoms. The van der Waals surface area contributed by atoms with Gasteiger partial charge in [-0.05, 0) is 19.4 Å². The van der Waals surface area contributed by atoms with Gasteiger partial charge in [-0.2, -0.15) is 0 Å². The minimum absolute atomic E-state index is 0.0359. The van der Waals surface area contributed by atoms with E-state index in [0.717, 1.165) is 5.56 Å². The van der Waals surface area contributed by atoms with Crippen molar-refractivity contribution in [1.82, 2.24) is 10.2 Å². The van der Waals surface area contributed by atoms with Gasteiger partial charge < -0.3 is 10.0 Å². The highest BCUT2D eigenvalue weighted by Gasteiger charge is 2.15. The molecule has 0 aliphatic carbocycles. The first-order valence-electron chi connectivity index (χ1n) is 6.32. The monoisotopic (exact) mass is 264 g/mol. The predicted molar refractivity (Wildman–Crippen MR) is 72.6 cm³/mol. The van der Waals surface area contributed by atoms with E-state index in [4.69, 9.17) is 5.11 Å². The van der Waals surface area contributed by atoms with Gasteiger partial charge in [0.1, 0.15) is 6.04 Å². The average molecular weight is 264 g/mol. The first kappa shape index (κ1) is 15.2. The molecule has 0 unspecified atom stereocenters. The van der Waals surface area contributed by atoms with E-state index in [0.29, 0.717) is 13.1 Å². The second kappa shape index (κ2) is 7.53. The third kappa shape index (κ3) is 5.09. The van der Waals surface area contributed by atoms with Crippen molar-refractivity contribution in [3.63, 3.8) is 0 Å². The molecule has 5 nitrogen and oxygen atoms in total. The van der Waals surface area contributed by atoms with Gasteiger partial charge in [-0.3, -0.25) is 14.9 Å². The molecule has 0 heterocycles. The van der Waals surface area contributed by atoms with Gasteiger partial charge in [-0.15, -0.1) is 0 Å². The van der Waals surface area contributed by atoms with E-state index in [1.165, 1.54) is 6.92 Å². The molecule has 0 saturated carbocycles. The van der Waals surface area contributed by atoms with Crippen LogP contribution in [0.1, 0.15) is 19.4 Å². The summed E-state index contributed by atoms with van der Waals surface area (Å²) in [7, 11) is 0. The second-order valence-corrected chi connectivity index (χ2v) is 4.33. The molecule has 0 spiro atoms. The van der Waals surface area contributed by atoms with E-state index >= 15 is 0 Å². The zero-order valence-corrected chi connectivity index (χ0v) is 11.3. The van der Waals surface area contributed by atoms with Gasteiger partial charge >= 0.3 is 5.97 Å². The summed E-state index contributed by atoms with van der Waals surface area (Å²) in [6.45, 7) is 4.59. The van der Waals surface area contributed by atoms with Crippen LogP contribution < -0.4 is 5.32 Å². The van der Waals surface area contributed by atoms with E-state index in [-0.39, 0.29) is 12.5 Å². The minimum atomic E-state index is -0.959. The van der Waals surface area contributed by atoms with Gasteiger partial charge in [-0.1, -0.05) is 30.3 Å². The third-order valence-electron chi connectivity index (χ3n) is 2.88. The molecule has 0 saturated heterocycles. The fourth-order valence-electron chi connectivity index (χ4n) is 1.62. The highest BCUT2D eigenvalue weighted by Crippen LogP contribution is 2.04. The second-order valence-electron chi connectivity index (χ2n) is 4.33. The van der Waals surface area contributed by atoms with Crippen molar-refractivity contribution in [2.45, 2.75) is 26.4 Å². The van der Waals surface area contributed by atoms with Crippen molar-refractivity contribution in [2.24, 2.45) is 0 Å². The lowest BCUT2D eigenvalue weighted by Gasteiger charge is -2.22. The summed E-state index contributed by atoms with van der Waals surface area (Å²) in [5.41, 5.74) is 1.06. The Labute approximate surface area is 113 Å². The van der Waals surface area contributed by atoms with Gasteiger partial charge in [0.25, 0.3) is 0 Å². The first-order valence-corrected chi connectivity index (χ1v) is 6.32. The summed E-state index contributed by atoms with van der Waals surface area (Å²) in [5, 5.41) is 11.4. The quantitative estimate of drug-likeness (QED) is 0.773. The smallest absolute Gasteiger partial charge is 0.320 e. The number of nitrogens with zero attached hydrogens (tertiary/aromatic N) is 1. The van der Waals surface area contributed by atoms with E-state index in [1.807, 2.05) is 37.3 Å². The molecule has 1 rings (SSSR count). The molecule has 0 radical (unpaired) electrons. The molecule has 19 heavy (non-hydrogen) atoms. The van der Waals surface area contributed by atoms with Crippen LogP contribution in [0.4, 0.5) is 0 Å². The summed E-state index contributed by atoms with van der Waals surface area (Å²) in [6, 6.07) is 8.99. The zero-order valence-electron chi connectivity index (χ0n) is 11.3. The fraction of sp³-hybridized carbons (Fsp3) is 0.429. The number of hydrogen-bond acceptors (Lipinski definition) is 3. The number of carbonyl (C=O) groups is 2. The number of hydrogen-bond donors (Lipinski definition) is 2. The first-order chi connectivity index (χ1) is 9.04. The fourth-order valence-corrected chi connectivity index (χ4v) is 1.62. The van der Waals surface area contributed by atoms with Crippen LogP contribution >= 0.6 is 0 Å². The summed E-state index contributed by atoms with van der Waals surface area (Å²) >= 11 is 0. The largest absolute Gasteiger partial charge is 0.480 e. The zero-order chi connectivity index (χ0) is 14.3. The SMILES string of the molecule is CCN(Cc1ccccc1)C(=O)CN[C@@H](C)C(=O)O. The van der Waals surface area contributed by atoms with Crippen molar-refractivity contribution < 1.29 is 14.7 Å². The number of rotatable bonds is 7. The third-order valence-corrected chi connectivity index (χ3v) is 2.88. The van der Waals surface area contributed by atoms with Gasteiger partial charge in [0.2, 0.25) is 5.91 Å². The Hall–Kier alpha value is -1.88. The van der Waals surface area contributed by atoms with Gasteiger partial charge in [-0.25, -0.2) is 0 Å².